The van der Waals surface area contributed by atoms with Crippen LogP contribution >= 0.6 is 0 Å². The Balaban J connectivity index is 1.48. The van der Waals surface area contributed by atoms with E-state index in [2.05, 4.69) is 0 Å². The second kappa shape index (κ2) is 11.9. The molecule has 0 bridgehead atoms. The van der Waals surface area contributed by atoms with Gasteiger partial charge >= 0.3 is 0 Å². The number of rotatable bonds is 6. The Bertz CT molecular complexity index is 2230. The summed E-state index contributed by atoms with van der Waals surface area (Å²) in [7, 11) is 0. The van der Waals surface area contributed by atoms with Crippen molar-refractivity contribution in [3.63, 3.8) is 0 Å². The lowest BCUT2D eigenvalue weighted by Crippen LogP contribution is -2.12. The summed E-state index contributed by atoms with van der Waals surface area (Å²) in [5.74, 6) is -1.65. The molecule has 0 saturated heterocycles. The molecule has 0 aliphatic heterocycles. The van der Waals surface area contributed by atoms with E-state index in [0.717, 1.165) is 43.7 Å². The number of halogens is 4. The highest BCUT2D eigenvalue weighted by molar-refractivity contribution is 6.24. The first-order valence-corrected chi connectivity index (χ1v) is 15.4. The molecule has 0 saturated carbocycles. The molecule has 0 radical (unpaired) electrons. The first-order chi connectivity index (χ1) is 23.4. The van der Waals surface area contributed by atoms with Crippen LogP contribution in [0.5, 0.6) is 0 Å². The predicted molar refractivity (Wildman–Crippen MR) is 188 cm³/mol. The van der Waals surface area contributed by atoms with Gasteiger partial charge in [-0.15, -0.1) is 0 Å². The van der Waals surface area contributed by atoms with Crippen LogP contribution in [-0.4, -0.2) is 0 Å². The van der Waals surface area contributed by atoms with Crippen molar-refractivity contribution in [1.29, 1.82) is 0 Å². The van der Waals surface area contributed by atoms with E-state index in [9.17, 15) is 17.6 Å². The van der Waals surface area contributed by atoms with Crippen molar-refractivity contribution < 1.29 is 17.6 Å². The van der Waals surface area contributed by atoms with Gasteiger partial charge in [-0.3, -0.25) is 0 Å². The predicted octanol–water partition coefficient (Wildman–Crippen LogP) is 12.6. The van der Waals surface area contributed by atoms with Crippen LogP contribution in [0, 0.1) is 23.3 Å². The summed E-state index contributed by atoms with van der Waals surface area (Å²) in [6, 6.07) is 44.8. The monoisotopic (exact) mass is 634 g/mol. The molecule has 0 atom stereocenters. The molecule has 0 fully saturated rings. The van der Waals surface area contributed by atoms with Crippen LogP contribution in [-0.2, 0) is 0 Å². The Morgan fingerprint density at radius 2 is 0.562 bits per heavy atom. The molecule has 0 spiro atoms. The summed E-state index contributed by atoms with van der Waals surface area (Å²) in [4.78, 5) is 3.73. The number of nitrogens with zero attached hydrogens (tertiary/aromatic N) is 2. The van der Waals surface area contributed by atoms with Crippen molar-refractivity contribution in [2.45, 2.75) is 0 Å². The van der Waals surface area contributed by atoms with Gasteiger partial charge in [-0.2, -0.15) is 0 Å². The van der Waals surface area contributed by atoms with E-state index in [0.29, 0.717) is 22.7 Å². The number of benzene rings is 8. The lowest BCUT2D eigenvalue weighted by atomic mass is 9.93. The Kier molecular flexibility index (Phi) is 7.26. The summed E-state index contributed by atoms with van der Waals surface area (Å²) in [6.45, 7) is 0. The van der Waals surface area contributed by atoms with E-state index >= 15 is 0 Å². The number of hydrogen-bond acceptors (Lipinski definition) is 2. The van der Waals surface area contributed by atoms with Crippen molar-refractivity contribution in [3.05, 3.63) is 181 Å². The van der Waals surface area contributed by atoms with E-state index in [1.165, 1.54) is 48.5 Å². The Labute approximate surface area is 274 Å². The third-order valence-electron chi connectivity index (χ3n) is 8.59. The quantitative estimate of drug-likeness (QED) is 0.133. The maximum absolute atomic E-state index is 14.7. The van der Waals surface area contributed by atoms with Gasteiger partial charge in [0.05, 0.1) is 11.4 Å². The van der Waals surface area contributed by atoms with E-state index < -0.39 is 23.3 Å². The fourth-order valence-electron chi connectivity index (χ4n) is 6.60. The lowest BCUT2D eigenvalue weighted by Gasteiger charge is -2.29. The smallest absolute Gasteiger partial charge is 0.125 e. The van der Waals surface area contributed by atoms with Gasteiger partial charge in [0.15, 0.2) is 0 Å². The molecule has 0 aromatic heterocycles. The third kappa shape index (κ3) is 5.17. The molecular weight excluding hydrogens is 608 g/mol. The minimum absolute atomic E-state index is 0.413. The van der Waals surface area contributed by atoms with Crippen molar-refractivity contribution >= 4 is 66.4 Å². The molecule has 0 heterocycles. The highest BCUT2D eigenvalue weighted by Gasteiger charge is 2.22. The van der Waals surface area contributed by atoms with Crippen molar-refractivity contribution in [3.8, 4) is 0 Å². The lowest BCUT2D eigenvalue weighted by molar-refractivity contribution is 0.626. The first kappa shape index (κ1) is 29.3. The van der Waals surface area contributed by atoms with Crippen LogP contribution in [0.15, 0.2) is 158 Å². The largest absolute Gasteiger partial charge is 0.310 e. The van der Waals surface area contributed by atoms with Gasteiger partial charge in [0.1, 0.15) is 23.3 Å². The molecule has 8 aromatic rings. The molecular formula is C42H26F4N2. The highest BCUT2D eigenvalue weighted by atomic mass is 19.1. The average molecular weight is 635 g/mol. The van der Waals surface area contributed by atoms with Crippen LogP contribution in [0.1, 0.15) is 0 Å². The summed E-state index contributed by atoms with van der Waals surface area (Å²) >= 11 is 0. The SMILES string of the molecule is Fc1cccc(N(c2cccc(F)c2)c2cc3c4ccccc4c(N(c4cccc(F)c4)c4cccc(F)c4)cc3c3ccccc23)c1. The van der Waals surface area contributed by atoms with Crippen LogP contribution in [0.4, 0.5) is 51.7 Å². The Morgan fingerprint density at radius 1 is 0.271 bits per heavy atom. The minimum atomic E-state index is -0.413. The molecule has 232 valence electrons. The zero-order chi connectivity index (χ0) is 32.8. The average Bonchev–Trinajstić information content (AvgIpc) is 3.09. The van der Waals surface area contributed by atoms with Crippen LogP contribution < -0.4 is 9.80 Å². The van der Waals surface area contributed by atoms with Gasteiger partial charge in [-0.1, -0.05) is 72.8 Å². The first-order valence-electron chi connectivity index (χ1n) is 15.4. The molecule has 6 heteroatoms. The van der Waals surface area contributed by atoms with E-state index in [1.807, 2.05) is 70.5 Å². The van der Waals surface area contributed by atoms with Crippen molar-refractivity contribution in [2.75, 3.05) is 9.80 Å². The topological polar surface area (TPSA) is 6.48 Å². The van der Waals surface area contributed by atoms with Gasteiger partial charge in [-0.05, 0) is 106 Å². The van der Waals surface area contributed by atoms with Crippen LogP contribution in [0.25, 0.3) is 32.3 Å². The second-order valence-corrected chi connectivity index (χ2v) is 11.6. The molecule has 0 aliphatic rings. The van der Waals surface area contributed by atoms with Crippen molar-refractivity contribution in [2.24, 2.45) is 0 Å². The van der Waals surface area contributed by atoms with Crippen LogP contribution in [0.2, 0.25) is 0 Å². The van der Waals surface area contributed by atoms with Gasteiger partial charge < -0.3 is 9.80 Å². The van der Waals surface area contributed by atoms with Gasteiger partial charge in [-0.25, -0.2) is 17.6 Å². The summed E-state index contributed by atoms with van der Waals surface area (Å²) in [5.41, 5.74) is 3.62. The Morgan fingerprint density at radius 3 is 0.854 bits per heavy atom. The molecule has 48 heavy (non-hydrogen) atoms. The van der Waals surface area contributed by atoms with Crippen LogP contribution in [0.3, 0.4) is 0 Å². The standard InChI is InChI=1S/C42H26F4N2/c43-27-9-5-13-31(21-27)47(32-14-6-10-28(44)22-32)41-26-40-36-18-2-4-20-38(36)42(25-39(40)35-17-1-3-19-37(35)41)48(33-15-7-11-29(45)23-33)34-16-8-12-30(46)24-34/h1-26H. The third-order valence-corrected chi connectivity index (χ3v) is 8.59. The molecule has 0 aliphatic carbocycles. The van der Waals surface area contributed by atoms with Gasteiger partial charge in [0.2, 0.25) is 0 Å². The minimum Gasteiger partial charge on any atom is -0.310 e. The molecule has 2 nitrogen and oxygen atoms in total. The molecule has 0 N–H and O–H groups in total. The van der Waals surface area contributed by atoms with E-state index in [-0.39, 0.29) is 0 Å². The highest BCUT2D eigenvalue weighted by Crippen LogP contribution is 2.47. The maximum Gasteiger partial charge on any atom is 0.125 e. The normalized spacial score (nSPS) is 11.3. The van der Waals surface area contributed by atoms with E-state index in [1.54, 1.807) is 48.5 Å². The molecule has 8 rings (SSSR count). The number of fused-ring (bicyclic) bond motifs is 5. The summed E-state index contributed by atoms with van der Waals surface area (Å²) < 4.78 is 58.8. The molecule has 0 amide bonds. The molecule has 0 unspecified atom stereocenters. The zero-order valence-corrected chi connectivity index (χ0v) is 25.4. The van der Waals surface area contributed by atoms with E-state index in [4.69, 9.17) is 0 Å². The zero-order valence-electron chi connectivity index (χ0n) is 25.4. The number of hydrogen-bond donors (Lipinski definition) is 0. The summed E-state index contributed by atoms with van der Waals surface area (Å²) in [5, 5.41) is 5.30. The Hall–Kier alpha value is -6.14. The number of anilines is 6. The fourth-order valence-corrected chi connectivity index (χ4v) is 6.60. The second-order valence-electron chi connectivity index (χ2n) is 11.6. The fraction of sp³-hybridized carbons (Fsp3) is 0. The van der Waals surface area contributed by atoms with Crippen molar-refractivity contribution in [1.82, 2.24) is 0 Å². The van der Waals surface area contributed by atoms with Gasteiger partial charge in [0, 0.05) is 33.5 Å². The summed E-state index contributed by atoms with van der Waals surface area (Å²) in [6.07, 6.45) is 0. The molecule has 8 aromatic carbocycles. The maximum atomic E-state index is 14.7. The van der Waals surface area contributed by atoms with Gasteiger partial charge in [0.25, 0.3) is 0 Å².